The third-order valence-electron chi connectivity index (χ3n) is 5.67. The van der Waals surface area contributed by atoms with Crippen molar-refractivity contribution in [3.8, 4) is 5.75 Å². The van der Waals surface area contributed by atoms with Crippen LogP contribution in [0.4, 0.5) is 0 Å². The maximum absolute atomic E-state index is 12.0. The molecule has 26 heavy (non-hydrogen) atoms. The first-order chi connectivity index (χ1) is 12.4. The number of amides is 2. The number of nitrogens with zero attached hydrogens (tertiary/aromatic N) is 1. The van der Waals surface area contributed by atoms with Crippen LogP contribution in [0, 0.1) is 5.92 Å². The first-order valence-corrected chi connectivity index (χ1v) is 9.51. The number of carbonyl (C=O) groups excluding carboxylic acids is 2. The molecule has 142 valence electrons. The summed E-state index contributed by atoms with van der Waals surface area (Å²) >= 11 is 0. The van der Waals surface area contributed by atoms with Crippen LogP contribution < -0.4 is 4.74 Å². The van der Waals surface area contributed by atoms with Gasteiger partial charge < -0.3 is 9.47 Å². The summed E-state index contributed by atoms with van der Waals surface area (Å²) in [4.78, 5) is 25.4. The molecule has 0 bridgehead atoms. The van der Waals surface area contributed by atoms with E-state index in [0.29, 0.717) is 31.2 Å². The highest BCUT2D eigenvalue weighted by Crippen LogP contribution is 2.40. The van der Waals surface area contributed by atoms with Crippen molar-refractivity contribution in [3.63, 3.8) is 0 Å². The van der Waals surface area contributed by atoms with Crippen LogP contribution in [-0.2, 0) is 14.3 Å². The SMILES string of the molecule is COc1ccc([C@H](CCN2C(=O)CCC2=O)[C@H]2CCOC(C)(C)C2)cc1. The Bertz CT molecular complexity index is 636. The van der Waals surface area contributed by atoms with Gasteiger partial charge in [0.1, 0.15) is 5.75 Å². The molecule has 5 nitrogen and oxygen atoms in total. The van der Waals surface area contributed by atoms with Crippen molar-refractivity contribution in [2.45, 2.75) is 57.5 Å². The second kappa shape index (κ2) is 7.78. The molecule has 3 rings (SSSR count). The molecule has 0 N–H and O–H groups in total. The normalized spacial score (nSPS) is 24.0. The Morgan fingerprint density at radius 2 is 1.85 bits per heavy atom. The average molecular weight is 359 g/mol. The minimum Gasteiger partial charge on any atom is -0.497 e. The van der Waals surface area contributed by atoms with E-state index in [1.807, 2.05) is 12.1 Å². The first kappa shape index (κ1) is 18.9. The third-order valence-corrected chi connectivity index (χ3v) is 5.67. The van der Waals surface area contributed by atoms with E-state index in [-0.39, 0.29) is 17.4 Å². The Kier molecular flexibility index (Phi) is 5.66. The van der Waals surface area contributed by atoms with Crippen molar-refractivity contribution >= 4 is 11.8 Å². The van der Waals surface area contributed by atoms with Crippen LogP contribution in [0.5, 0.6) is 5.75 Å². The number of methoxy groups -OCH3 is 1. The second-order valence-corrected chi connectivity index (χ2v) is 7.97. The highest BCUT2D eigenvalue weighted by atomic mass is 16.5. The van der Waals surface area contributed by atoms with Gasteiger partial charge in [-0.2, -0.15) is 0 Å². The van der Waals surface area contributed by atoms with Crippen molar-refractivity contribution in [3.05, 3.63) is 29.8 Å². The molecular formula is C21H29NO4. The molecule has 5 heteroatoms. The summed E-state index contributed by atoms with van der Waals surface area (Å²) in [5.41, 5.74) is 1.11. The Hall–Kier alpha value is -1.88. The molecule has 0 aromatic heterocycles. The van der Waals surface area contributed by atoms with Gasteiger partial charge in [0.25, 0.3) is 0 Å². The topological polar surface area (TPSA) is 55.8 Å². The lowest BCUT2D eigenvalue weighted by Gasteiger charge is -2.40. The highest BCUT2D eigenvalue weighted by Gasteiger charge is 2.35. The molecule has 2 atom stereocenters. The molecule has 0 spiro atoms. The molecule has 0 unspecified atom stereocenters. The van der Waals surface area contributed by atoms with Crippen molar-refractivity contribution < 1.29 is 19.1 Å². The molecule has 2 fully saturated rings. The molecule has 2 aliphatic rings. The van der Waals surface area contributed by atoms with E-state index in [4.69, 9.17) is 9.47 Å². The zero-order chi connectivity index (χ0) is 18.7. The van der Waals surface area contributed by atoms with Crippen molar-refractivity contribution in [2.75, 3.05) is 20.3 Å². The van der Waals surface area contributed by atoms with Gasteiger partial charge in [0.2, 0.25) is 11.8 Å². The molecule has 0 aliphatic carbocycles. The number of carbonyl (C=O) groups is 2. The van der Waals surface area contributed by atoms with E-state index in [0.717, 1.165) is 31.6 Å². The molecule has 0 radical (unpaired) electrons. The van der Waals surface area contributed by atoms with Crippen LogP contribution in [0.3, 0.4) is 0 Å². The van der Waals surface area contributed by atoms with Crippen LogP contribution in [0.2, 0.25) is 0 Å². The number of ether oxygens (including phenoxy) is 2. The van der Waals surface area contributed by atoms with E-state index >= 15 is 0 Å². The Labute approximate surface area is 155 Å². The van der Waals surface area contributed by atoms with E-state index in [1.165, 1.54) is 10.5 Å². The monoisotopic (exact) mass is 359 g/mol. The predicted octanol–water partition coefficient (Wildman–Crippen LogP) is 3.52. The van der Waals surface area contributed by atoms with Crippen molar-refractivity contribution in [1.82, 2.24) is 4.90 Å². The van der Waals surface area contributed by atoms with E-state index in [1.54, 1.807) is 7.11 Å². The zero-order valence-corrected chi connectivity index (χ0v) is 16.0. The number of hydrogen-bond acceptors (Lipinski definition) is 4. The van der Waals surface area contributed by atoms with Crippen LogP contribution in [0.25, 0.3) is 0 Å². The van der Waals surface area contributed by atoms with Crippen molar-refractivity contribution in [2.24, 2.45) is 5.92 Å². The van der Waals surface area contributed by atoms with Gasteiger partial charge in [0.15, 0.2) is 0 Å². The molecule has 2 aliphatic heterocycles. The lowest BCUT2D eigenvalue weighted by Crippen LogP contribution is -2.37. The fraction of sp³-hybridized carbons (Fsp3) is 0.619. The molecule has 1 aromatic carbocycles. The summed E-state index contributed by atoms with van der Waals surface area (Å²) in [5.74, 6) is 1.54. The van der Waals surface area contributed by atoms with Crippen LogP contribution in [0.1, 0.15) is 57.4 Å². The van der Waals surface area contributed by atoms with Gasteiger partial charge in [0, 0.05) is 26.0 Å². The van der Waals surface area contributed by atoms with Crippen LogP contribution in [0.15, 0.2) is 24.3 Å². The molecule has 2 heterocycles. The predicted molar refractivity (Wildman–Crippen MR) is 99.1 cm³/mol. The highest BCUT2D eigenvalue weighted by molar-refractivity contribution is 6.01. The number of rotatable bonds is 6. The summed E-state index contributed by atoms with van der Waals surface area (Å²) in [7, 11) is 1.66. The summed E-state index contributed by atoms with van der Waals surface area (Å²) in [6, 6.07) is 8.19. The van der Waals surface area contributed by atoms with E-state index < -0.39 is 0 Å². The lowest BCUT2D eigenvalue weighted by atomic mass is 9.75. The number of hydrogen-bond donors (Lipinski definition) is 0. The van der Waals surface area contributed by atoms with E-state index in [9.17, 15) is 9.59 Å². The summed E-state index contributed by atoms with van der Waals surface area (Å²) in [6.45, 7) is 5.54. The van der Waals surface area contributed by atoms with Crippen LogP contribution in [-0.4, -0.2) is 42.6 Å². The quantitative estimate of drug-likeness (QED) is 0.729. The maximum Gasteiger partial charge on any atom is 0.229 e. The maximum atomic E-state index is 12.0. The Balaban J connectivity index is 1.78. The minimum absolute atomic E-state index is 0.0317. The second-order valence-electron chi connectivity index (χ2n) is 7.97. The molecular weight excluding hydrogens is 330 g/mol. The molecule has 1 aromatic rings. The standard InChI is InChI=1S/C21H29NO4/c1-21(2)14-16(11-13-26-21)18(15-4-6-17(25-3)7-5-15)10-12-22-19(23)8-9-20(22)24/h4-7,16,18H,8-14H2,1-3H3/t16-,18-/m0/s1. The summed E-state index contributed by atoms with van der Waals surface area (Å²) < 4.78 is 11.2. The van der Waals surface area contributed by atoms with Crippen LogP contribution >= 0.6 is 0 Å². The third kappa shape index (κ3) is 4.26. The Morgan fingerprint density at radius 3 is 2.42 bits per heavy atom. The van der Waals surface area contributed by atoms with Gasteiger partial charge >= 0.3 is 0 Å². The van der Waals surface area contributed by atoms with Gasteiger partial charge in [-0.1, -0.05) is 12.1 Å². The average Bonchev–Trinajstić information content (AvgIpc) is 2.93. The van der Waals surface area contributed by atoms with Gasteiger partial charge in [-0.25, -0.2) is 0 Å². The summed E-state index contributed by atoms with van der Waals surface area (Å²) in [6.07, 6.45) is 3.49. The first-order valence-electron chi connectivity index (χ1n) is 9.51. The fourth-order valence-corrected chi connectivity index (χ4v) is 4.29. The largest absolute Gasteiger partial charge is 0.497 e. The van der Waals surface area contributed by atoms with Gasteiger partial charge in [-0.05, 0) is 62.6 Å². The zero-order valence-electron chi connectivity index (χ0n) is 16.0. The van der Waals surface area contributed by atoms with Gasteiger partial charge in [-0.15, -0.1) is 0 Å². The molecule has 2 saturated heterocycles. The number of benzene rings is 1. The van der Waals surface area contributed by atoms with Crippen molar-refractivity contribution in [1.29, 1.82) is 0 Å². The number of likely N-dealkylation sites (tertiary alicyclic amines) is 1. The van der Waals surface area contributed by atoms with E-state index in [2.05, 4.69) is 26.0 Å². The van der Waals surface area contributed by atoms with Gasteiger partial charge in [-0.3, -0.25) is 14.5 Å². The Morgan fingerprint density at radius 1 is 1.19 bits per heavy atom. The lowest BCUT2D eigenvalue weighted by molar-refractivity contribution is -0.138. The fourth-order valence-electron chi connectivity index (χ4n) is 4.29. The smallest absolute Gasteiger partial charge is 0.229 e. The molecule has 2 amide bonds. The van der Waals surface area contributed by atoms with Gasteiger partial charge in [0.05, 0.1) is 12.7 Å². The summed E-state index contributed by atoms with van der Waals surface area (Å²) in [5, 5.41) is 0. The molecule has 0 saturated carbocycles. The minimum atomic E-state index is -0.132. The number of imide groups is 1.